The number of phenols is 1. The van der Waals surface area contributed by atoms with Crippen LogP contribution in [0.1, 0.15) is 12.5 Å². The van der Waals surface area contributed by atoms with Crippen LogP contribution in [0.3, 0.4) is 0 Å². The molecule has 2 N–H and O–H groups in total. The van der Waals surface area contributed by atoms with Crippen molar-refractivity contribution < 1.29 is 19.4 Å². The zero-order valence-corrected chi connectivity index (χ0v) is 18.6. The minimum absolute atomic E-state index is 0.0295. The van der Waals surface area contributed by atoms with Gasteiger partial charge >= 0.3 is 0 Å². The lowest BCUT2D eigenvalue weighted by molar-refractivity contribution is -0.123. The van der Waals surface area contributed by atoms with E-state index in [1.54, 1.807) is 25.1 Å². The average molecular weight is 541 g/mol. The van der Waals surface area contributed by atoms with Crippen LogP contribution in [0.4, 0.5) is 0 Å². The van der Waals surface area contributed by atoms with Crippen LogP contribution in [0.2, 0.25) is 10.0 Å². The molecule has 2 rings (SSSR count). The highest BCUT2D eigenvalue weighted by molar-refractivity contribution is 9.13. The number of ether oxygens (including phenoxy) is 2. The third-order valence-corrected chi connectivity index (χ3v) is 5.81. The van der Waals surface area contributed by atoms with Gasteiger partial charge in [0.05, 0.1) is 22.3 Å². The third kappa shape index (κ3) is 6.00. The molecule has 0 saturated heterocycles. The van der Waals surface area contributed by atoms with E-state index in [0.29, 0.717) is 42.7 Å². The van der Waals surface area contributed by atoms with Crippen molar-refractivity contribution in [1.29, 1.82) is 0 Å². The Morgan fingerprint density at radius 3 is 2.63 bits per heavy atom. The summed E-state index contributed by atoms with van der Waals surface area (Å²) in [5.74, 6) is 0.127. The molecule has 0 atom stereocenters. The molecule has 0 aliphatic carbocycles. The van der Waals surface area contributed by atoms with Crippen LogP contribution in [0.25, 0.3) is 0 Å². The van der Waals surface area contributed by atoms with Gasteiger partial charge in [0.25, 0.3) is 5.91 Å². The fraction of sp³-hybridized carbons (Fsp3) is 0.176. The van der Waals surface area contributed by atoms with Crippen molar-refractivity contribution >= 4 is 67.2 Å². The Balaban J connectivity index is 1.99. The van der Waals surface area contributed by atoms with E-state index in [1.165, 1.54) is 12.3 Å². The van der Waals surface area contributed by atoms with Gasteiger partial charge in [-0.1, -0.05) is 23.2 Å². The highest BCUT2D eigenvalue weighted by Gasteiger charge is 2.14. The number of hydrazone groups is 1. The molecule has 0 aromatic heterocycles. The van der Waals surface area contributed by atoms with Gasteiger partial charge in [-0.15, -0.1) is 0 Å². The van der Waals surface area contributed by atoms with Gasteiger partial charge in [-0.25, -0.2) is 5.43 Å². The predicted molar refractivity (Wildman–Crippen MR) is 112 cm³/mol. The fourth-order valence-corrected chi connectivity index (χ4v) is 3.20. The van der Waals surface area contributed by atoms with Gasteiger partial charge in [-0.3, -0.25) is 4.79 Å². The molecule has 0 radical (unpaired) electrons. The Morgan fingerprint density at radius 2 is 1.96 bits per heavy atom. The number of nitrogens with zero attached hydrogens (tertiary/aromatic N) is 1. The molecule has 0 saturated carbocycles. The number of nitrogens with one attached hydrogen (secondary N) is 1. The molecule has 0 aliphatic rings. The predicted octanol–water partition coefficient (Wildman–Crippen LogP) is 5.15. The Kier molecular flexibility index (Phi) is 8.22. The SMILES string of the molecule is CCOc1cc(/C=N\NC(=O)COc2ccc(Cl)cc2Cl)c(Br)c(Br)c1O. The van der Waals surface area contributed by atoms with E-state index in [0.717, 1.165) is 0 Å². The third-order valence-electron chi connectivity index (χ3n) is 3.12. The van der Waals surface area contributed by atoms with Crippen molar-refractivity contribution in [3.05, 3.63) is 48.8 Å². The van der Waals surface area contributed by atoms with Crippen molar-refractivity contribution in [1.82, 2.24) is 5.43 Å². The lowest BCUT2D eigenvalue weighted by Crippen LogP contribution is -2.24. The maximum atomic E-state index is 11.9. The molecular formula is C17H14Br2Cl2N2O4. The van der Waals surface area contributed by atoms with Crippen LogP contribution in [-0.4, -0.2) is 30.4 Å². The molecule has 0 aliphatic heterocycles. The van der Waals surface area contributed by atoms with E-state index in [1.807, 2.05) is 0 Å². The highest BCUT2D eigenvalue weighted by Crippen LogP contribution is 2.41. The Bertz CT molecular complexity index is 878. The lowest BCUT2D eigenvalue weighted by Gasteiger charge is -2.11. The van der Waals surface area contributed by atoms with E-state index in [-0.39, 0.29) is 12.4 Å². The lowest BCUT2D eigenvalue weighted by atomic mass is 10.2. The van der Waals surface area contributed by atoms with Crippen molar-refractivity contribution in [2.75, 3.05) is 13.2 Å². The first-order valence-corrected chi connectivity index (χ1v) is 9.91. The van der Waals surface area contributed by atoms with Gasteiger partial charge < -0.3 is 14.6 Å². The first-order valence-electron chi connectivity index (χ1n) is 7.57. The van der Waals surface area contributed by atoms with Gasteiger partial charge in [0, 0.05) is 15.1 Å². The molecule has 0 unspecified atom stereocenters. The van der Waals surface area contributed by atoms with Gasteiger partial charge in [0.2, 0.25) is 0 Å². The quantitative estimate of drug-likeness (QED) is 0.376. The van der Waals surface area contributed by atoms with Crippen LogP contribution in [0, 0.1) is 0 Å². The maximum Gasteiger partial charge on any atom is 0.277 e. The molecule has 144 valence electrons. The Hall–Kier alpha value is -1.48. The number of rotatable bonds is 7. The smallest absolute Gasteiger partial charge is 0.277 e. The van der Waals surface area contributed by atoms with Crippen molar-refractivity contribution in [3.8, 4) is 17.2 Å². The number of halogens is 4. The summed E-state index contributed by atoms with van der Waals surface area (Å²) < 4.78 is 11.7. The van der Waals surface area contributed by atoms with Crippen LogP contribution in [0.15, 0.2) is 38.3 Å². The standard InChI is InChI=1S/C17H14Br2Cl2N2O4/c1-2-26-13-5-9(15(18)16(19)17(13)25)7-22-23-14(24)8-27-12-4-3-10(20)6-11(12)21/h3-7,25H,2,8H2,1H3,(H,23,24)/b22-7-. The normalized spacial score (nSPS) is 10.9. The van der Waals surface area contributed by atoms with Crippen LogP contribution in [-0.2, 0) is 4.79 Å². The molecule has 2 aromatic rings. The summed E-state index contributed by atoms with van der Waals surface area (Å²) in [6.07, 6.45) is 1.41. The molecule has 1 amide bonds. The van der Waals surface area contributed by atoms with Crippen molar-refractivity contribution in [3.63, 3.8) is 0 Å². The second-order valence-electron chi connectivity index (χ2n) is 5.03. The monoisotopic (exact) mass is 538 g/mol. The molecule has 0 spiro atoms. The second-order valence-corrected chi connectivity index (χ2v) is 7.46. The Morgan fingerprint density at radius 1 is 1.22 bits per heavy atom. The zero-order valence-electron chi connectivity index (χ0n) is 13.9. The number of benzene rings is 2. The number of hydrogen-bond acceptors (Lipinski definition) is 5. The minimum Gasteiger partial charge on any atom is -0.503 e. The second kappa shape index (κ2) is 10.2. The first kappa shape index (κ1) is 21.8. The molecule has 6 nitrogen and oxygen atoms in total. The molecular weight excluding hydrogens is 527 g/mol. The number of hydrogen-bond donors (Lipinski definition) is 2. The van der Waals surface area contributed by atoms with Gasteiger partial charge in [0.15, 0.2) is 18.1 Å². The minimum atomic E-state index is -0.476. The summed E-state index contributed by atoms with van der Waals surface area (Å²) in [6, 6.07) is 6.29. The molecule has 0 fully saturated rings. The molecule has 27 heavy (non-hydrogen) atoms. The molecule has 0 bridgehead atoms. The first-order chi connectivity index (χ1) is 12.8. The summed E-state index contributed by atoms with van der Waals surface area (Å²) in [5.41, 5.74) is 2.93. The summed E-state index contributed by atoms with van der Waals surface area (Å²) in [7, 11) is 0. The van der Waals surface area contributed by atoms with E-state index < -0.39 is 5.91 Å². The number of carbonyl (C=O) groups is 1. The van der Waals surface area contributed by atoms with Crippen molar-refractivity contribution in [2.45, 2.75) is 6.92 Å². The van der Waals surface area contributed by atoms with E-state index in [4.69, 9.17) is 32.7 Å². The van der Waals surface area contributed by atoms with Crippen LogP contribution >= 0.6 is 55.1 Å². The summed E-state index contributed by atoms with van der Waals surface area (Å²) in [6.45, 7) is 1.92. The van der Waals surface area contributed by atoms with Crippen LogP contribution < -0.4 is 14.9 Å². The van der Waals surface area contributed by atoms with Gasteiger partial charge in [-0.2, -0.15) is 5.10 Å². The zero-order chi connectivity index (χ0) is 20.0. The molecule has 2 aromatic carbocycles. The number of carbonyl (C=O) groups excluding carboxylic acids is 1. The van der Waals surface area contributed by atoms with E-state index in [2.05, 4.69) is 42.4 Å². The maximum absolute atomic E-state index is 11.9. The van der Waals surface area contributed by atoms with Gasteiger partial charge in [-0.05, 0) is 63.0 Å². The van der Waals surface area contributed by atoms with Crippen LogP contribution in [0.5, 0.6) is 17.2 Å². The van der Waals surface area contributed by atoms with E-state index >= 15 is 0 Å². The molecule has 0 heterocycles. The molecule has 10 heteroatoms. The Labute approximate surface area is 182 Å². The number of phenolic OH excluding ortho intramolecular Hbond substituents is 1. The van der Waals surface area contributed by atoms with Crippen molar-refractivity contribution in [2.24, 2.45) is 5.10 Å². The summed E-state index contributed by atoms with van der Waals surface area (Å²) in [4.78, 5) is 11.9. The summed E-state index contributed by atoms with van der Waals surface area (Å²) >= 11 is 18.4. The average Bonchev–Trinajstić information content (AvgIpc) is 2.63. The largest absolute Gasteiger partial charge is 0.503 e. The number of aromatic hydroxyl groups is 1. The van der Waals surface area contributed by atoms with E-state index in [9.17, 15) is 9.90 Å². The summed E-state index contributed by atoms with van der Waals surface area (Å²) in [5, 5.41) is 14.7. The number of amides is 1. The topological polar surface area (TPSA) is 80.2 Å². The van der Waals surface area contributed by atoms with Gasteiger partial charge in [0.1, 0.15) is 5.75 Å². The highest BCUT2D eigenvalue weighted by atomic mass is 79.9. The fourth-order valence-electron chi connectivity index (χ4n) is 1.91.